The van der Waals surface area contributed by atoms with Crippen LogP contribution in [0.15, 0.2) is 30.5 Å². The fourth-order valence-electron chi connectivity index (χ4n) is 1.69. The number of rotatable bonds is 5. The third-order valence-corrected chi connectivity index (χ3v) is 2.64. The first-order valence-electron chi connectivity index (χ1n) is 5.79. The lowest BCUT2D eigenvalue weighted by Crippen LogP contribution is -2.17. The van der Waals surface area contributed by atoms with Gasteiger partial charge in [0.25, 0.3) is 0 Å². The lowest BCUT2D eigenvalue weighted by atomic mass is 10.1. The van der Waals surface area contributed by atoms with Crippen molar-refractivity contribution in [3.8, 4) is 5.75 Å². The monoisotopic (exact) mass is 275 g/mol. The molecular formula is C13H13N3O4. The number of H-pyrrole nitrogens is 1. The minimum Gasteiger partial charge on any atom is -0.497 e. The zero-order chi connectivity index (χ0) is 14.5. The van der Waals surface area contributed by atoms with Crippen LogP contribution in [0.3, 0.4) is 0 Å². The molecule has 7 nitrogen and oxygen atoms in total. The van der Waals surface area contributed by atoms with Crippen molar-refractivity contribution >= 4 is 17.6 Å². The van der Waals surface area contributed by atoms with Gasteiger partial charge in [-0.05, 0) is 18.2 Å². The number of hydrogen-bond donors (Lipinski definition) is 3. The SMILES string of the molecule is COc1ccc(C(=O)O)c(NC(=O)Cc2ccn[nH]2)c1. The van der Waals surface area contributed by atoms with Crippen LogP contribution in [-0.4, -0.2) is 34.3 Å². The van der Waals surface area contributed by atoms with Crippen LogP contribution < -0.4 is 10.1 Å². The summed E-state index contributed by atoms with van der Waals surface area (Å²) in [5.41, 5.74) is 0.840. The van der Waals surface area contributed by atoms with Crippen LogP contribution in [-0.2, 0) is 11.2 Å². The molecular weight excluding hydrogens is 262 g/mol. The predicted molar refractivity (Wildman–Crippen MR) is 70.9 cm³/mol. The second-order valence-electron chi connectivity index (χ2n) is 4.02. The Bertz CT molecular complexity index is 623. The summed E-state index contributed by atoms with van der Waals surface area (Å²) >= 11 is 0. The summed E-state index contributed by atoms with van der Waals surface area (Å²) in [6.45, 7) is 0. The molecule has 0 saturated carbocycles. The number of carbonyl (C=O) groups is 2. The maximum atomic E-state index is 11.9. The van der Waals surface area contributed by atoms with Crippen LogP contribution >= 0.6 is 0 Å². The van der Waals surface area contributed by atoms with E-state index >= 15 is 0 Å². The number of aromatic nitrogens is 2. The topological polar surface area (TPSA) is 104 Å². The number of aromatic amines is 1. The number of aromatic carboxylic acids is 1. The van der Waals surface area contributed by atoms with E-state index in [4.69, 9.17) is 9.84 Å². The molecule has 104 valence electrons. The smallest absolute Gasteiger partial charge is 0.337 e. The van der Waals surface area contributed by atoms with Gasteiger partial charge in [-0.25, -0.2) is 4.79 Å². The third-order valence-electron chi connectivity index (χ3n) is 2.64. The van der Waals surface area contributed by atoms with E-state index in [0.29, 0.717) is 11.4 Å². The normalized spacial score (nSPS) is 10.1. The molecule has 1 aromatic carbocycles. The van der Waals surface area contributed by atoms with E-state index < -0.39 is 5.97 Å². The molecule has 0 radical (unpaired) electrons. The lowest BCUT2D eigenvalue weighted by Gasteiger charge is -2.10. The Morgan fingerprint density at radius 3 is 2.80 bits per heavy atom. The van der Waals surface area contributed by atoms with Gasteiger partial charge in [-0.3, -0.25) is 9.89 Å². The second kappa shape index (κ2) is 5.87. The van der Waals surface area contributed by atoms with Crippen LogP contribution in [0.4, 0.5) is 5.69 Å². The van der Waals surface area contributed by atoms with Crippen molar-refractivity contribution in [1.29, 1.82) is 0 Å². The molecule has 2 aromatic rings. The van der Waals surface area contributed by atoms with Gasteiger partial charge in [0.15, 0.2) is 0 Å². The minimum absolute atomic E-state index is 0.00348. The Morgan fingerprint density at radius 2 is 2.20 bits per heavy atom. The highest BCUT2D eigenvalue weighted by Gasteiger charge is 2.14. The van der Waals surface area contributed by atoms with E-state index in [1.54, 1.807) is 6.07 Å². The molecule has 1 amide bonds. The van der Waals surface area contributed by atoms with Crippen LogP contribution in [0.1, 0.15) is 16.1 Å². The zero-order valence-electron chi connectivity index (χ0n) is 10.7. The Labute approximate surface area is 114 Å². The number of anilines is 1. The molecule has 3 N–H and O–H groups in total. The molecule has 0 aliphatic heterocycles. The molecule has 0 bridgehead atoms. The second-order valence-corrected chi connectivity index (χ2v) is 4.02. The highest BCUT2D eigenvalue weighted by molar-refractivity contribution is 6.01. The molecule has 2 rings (SSSR count). The highest BCUT2D eigenvalue weighted by atomic mass is 16.5. The van der Waals surface area contributed by atoms with Crippen molar-refractivity contribution < 1.29 is 19.4 Å². The fraction of sp³-hybridized carbons (Fsp3) is 0.154. The first-order valence-corrected chi connectivity index (χ1v) is 5.79. The van der Waals surface area contributed by atoms with Crippen LogP contribution in [0.2, 0.25) is 0 Å². The Balaban J connectivity index is 2.18. The van der Waals surface area contributed by atoms with E-state index in [-0.39, 0.29) is 23.6 Å². The summed E-state index contributed by atoms with van der Waals surface area (Å²) in [6, 6.07) is 6.04. The van der Waals surface area contributed by atoms with E-state index in [0.717, 1.165) is 0 Å². The number of ether oxygens (including phenoxy) is 1. The molecule has 0 spiro atoms. The Kier molecular flexibility index (Phi) is 3.99. The number of methoxy groups -OCH3 is 1. The Morgan fingerprint density at radius 1 is 1.40 bits per heavy atom. The number of carboxylic acid groups (broad SMARTS) is 1. The first kappa shape index (κ1) is 13.6. The fourth-order valence-corrected chi connectivity index (χ4v) is 1.69. The first-order chi connectivity index (χ1) is 9.60. The maximum absolute atomic E-state index is 11.9. The number of nitrogens with one attached hydrogen (secondary N) is 2. The number of nitrogens with zero attached hydrogens (tertiary/aromatic N) is 1. The van der Waals surface area contributed by atoms with E-state index in [9.17, 15) is 9.59 Å². The third kappa shape index (κ3) is 3.14. The van der Waals surface area contributed by atoms with Crippen molar-refractivity contribution in [3.05, 3.63) is 41.7 Å². The van der Waals surface area contributed by atoms with E-state index in [2.05, 4.69) is 15.5 Å². The molecule has 0 atom stereocenters. The standard InChI is InChI=1S/C13H13N3O4/c1-20-9-2-3-10(13(18)19)11(7-9)15-12(17)6-8-4-5-14-16-8/h2-5,7H,6H2,1H3,(H,14,16)(H,15,17)(H,18,19). The van der Waals surface area contributed by atoms with Gasteiger partial charge in [0, 0.05) is 18.0 Å². The van der Waals surface area contributed by atoms with Gasteiger partial charge >= 0.3 is 5.97 Å². The molecule has 0 aliphatic carbocycles. The molecule has 0 unspecified atom stereocenters. The molecule has 1 aromatic heterocycles. The summed E-state index contributed by atoms with van der Waals surface area (Å²) in [5, 5.41) is 18.0. The van der Waals surface area contributed by atoms with Crippen molar-refractivity contribution in [2.24, 2.45) is 0 Å². The van der Waals surface area contributed by atoms with Crippen LogP contribution in [0, 0.1) is 0 Å². The lowest BCUT2D eigenvalue weighted by molar-refractivity contribution is -0.115. The van der Waals surface area contributed by atoms with Gasteiger partial charge in [0.05, 0.1) is 24.8 Å². The van der Waals surface area contributed by atoms with Crippen molar-refractivity contribution in [2.75, 3.05) is 12.4 Å². The van der Waals surface area contributed by atoms with Gasteiger partial charge in [-0.2, -0.15) is 5.10 Å². The van der Waals surface area contributed by atoms with Gasteiger partial charge in [-0.15, -0.1) is 0 Å². The molecule has 7 heteroatoms. The minimum atomic E-state index is -1.12. The van der Waals surface area contributed by atoms with Crippen molar-refractivity contribution in [2.45, 2.75) is 6.42 Å². The van der Waals surface area contributed by atoms with Crippen LogP contribution in [0.25, 0.3) is 0 Å². The number of amides is 1. The van der Waals surface area contributed by atoms with Gasteiger partial charge < -0.3 is 15.2 Å². The average Bonchev–Trinajstić information content (AvgIpc) is 2.90. The van der Waals surface area contributed by atoms with E-state index in [1.807, 2.05) is 0 Å². The Hall–Kier alpha value is -2.83. The number of carbonyl (C=O) groups excluding carboxylic acids is 1. The van der Waals surface area contributed by atoms with Crippen molar-refractivity contribution in [3.63, 3.8) is 0 Å². The summed E-state index contributed by atoms with van der Waals surface area (Å²) in [6.07, 6.45) is 1.62. The molecule has 0 aliphatic rings. The van der Waals surface area contributed by atoms with E-state index in [1.165, 1.54) is 31.5 Å². The highest BCUT2D eigenvalue weighted by Crippen LogP contribution is 2.22. The van der Waals surface area contributed by atoms with Gasteiger partial charge in [0.2, 0.25) is 5.91 Å². The quantitative estimate of drug-likeness (QED) is 0.762. The number of carboxylic acids is 1. The molecule has 0 saturated heterocycles. The van der Waals surface area contributed by atoms with Gasteiger partial charge in [0.1, 0.15) is 5.75 Å². The maximum Gasteiger partial charge on any atom is 0.337 e. The summed E-state index contributed by atoms with van der Waals surface area (Å²) in [5.74, 6) is -0.999. The summed E-state index contributed by atoms with van der Waals surface area (Å²) in [4.78, 5) is 23.0. The number of benzene rings is 1. The molecule has 1 heterocycles. The predicted octanol–water partition coefficient (Wildman–Crippen LogP) is 1.30. The van der Waals surface area contributed by atoms with Crippen molar-refractivity contribution in [1.82, 2.24) is 10.2 Å². The van der Waals surface area contributed by atoms with Crippen LogP contribution in [0.5, 0.6) is 5.75 Å². The largest absolute Gasteiger partial charge is 0.497 e. The molecule has 0 fully saturated rings. The average molecular weight is 275 g/mol. The number of hydrogen-bond acceptors (Lipinski definition) is 4. The summed E-state index contributed by atoms with van der Waals surface area (Å²) < 4.78 is 5.02. The van der Waals surface area contributed by atoms with Gasteiger partial charge in [-0.1, -0.05) is 0 Å². The molecule has 20 heavy (non-hydrogen) atoms. The summed E-state index contributed by atoms with van der Waals surface area (Å²) in [7, 11) is 1.46. The zero-order valence-corrected chi connectivity index (χ0v) is 10.7.